The molecule has 104 valence electrons. The third kappa shape index (κ3) is 2.92. The Balaban J connectivity index is 1.86. The summed E-state index contributed by atoms with van der Waals surface area (Å²) in [5.74, 6) is 0.311. The Morgan fingerprint density at radius 2 is 2.00 bits per heavy atom. The summed E-state index contributed by atoms with van der Waals surface area (Å²) < 4.78 is 0. The van der Waals surface area contributed by atoms with Crippen LogP contribution in [0.3, 0.4) is 0 Å². The lowest BCUT2D eigenvalue weighted by atomic mass is 10.3. The minimum atomic E-state index is -0.208. The van der Waals surface area contributed by atoms with Crippen LogP contribution in [-0.4, -0.2) is 25.8 Å². The van der Waals surface area contributed by atoms with Crippen molar-refractivity contribution in [2.24, 2.45) is 0 Å². The number of anilines is 1. The van der Waals surface area contributed by atoms with Gasteiger partial charge >= 0.3 is 0 Å². The molecule has 0 atom stereocenters. The molecule has 1 N–H and O–H groups in total. The van der Waals surface area contributed by atoms with Crippen molar-refractivity contribution in [2.45, 2.75) is 6.92 Å². The molecule has 3 aromatic heterocycles. The summed E-state index contributed by atoms with van der Waals surface area (Å²) in [5, 5.41) is 3.42. The fourth-order valence-electron chi connectivity index (χ4n) is 1.74. The minimum Gasteiger partial charge on any atom is -0.320 e. The van der Waals surface area contributed by atoms with Crippen molar-refractivity contribution in [3.8, 4) is 10.8 Å². The highest BCUT2D eigenvalue weighted by Gasteiger charge is 2.17. The predicted molar refractivity (Wildman–Crippen MR) is 80.1 cm³/mol. The number of aromatic nitrogens is 4. The lowest BCUT2D eigenvalue weighted by Gasteiger charge is -2.02. The number of aryl methyl sites for hydroxylation is 1. The smallest absolute Gasteiger partial charge is 0.267 e. The third-order valence-electron chi connectivity index (χ3n) is 2.68. The fourth-order valence-corrected chi connectivity index (χ4v) is 2.65. The molecule has 0 aliphatic carbocycles. The van der Waals surface area contributed by atoms with Crippen LogP contribution in [0, 0.1) is 6.92 Å². The number of hydrogen-bond acceptors (Lipinski definition) is 6. The predicted octanol–water partition coefficient (Wildman–Crippen LogP) is 2.56. The summed E-state index contributed by atoms with van der Waals surface area (Å²) >= 11 is 1.27. The van der Waals surface area contributed by atoms with Gasteiger partial charge in [-0.1, -0.05) is 0 Å². The molecule has 3 heterocycles. The average molecular weight is 297 g/mol. The summed E-state index contributed by atoms with van der Waals surface area (Å²) in [7, 11) is 0. The van der Waals surface area contributed by atoms with Crippen molar-refractivity contribution < 1.29 is 4.79 Å². The van der Waals surface area contributed by atoms with Crippen molar-refractivity contribution in [2.75, 3.05) is 5.32 Å². The van der Waals surface area contributed by atoms with Gasteiger partial charge in [-0.25, -0.2) is 15.0 Å². The number of nitrogens with one attached hydrogen (secondary N) is 1. The zero-order chi connectivity index (χ0) is 14.7. The van der Waals surface area contributed by atoms with Gasteiger partial charge in [0, 0.05) is 18.6 Å². The minimum absolute atomic E-state index is 0.208. The van der Waals surface area contributed by atoms with E-state index in [4.69, 9.17) is 0 Å². The van der Waals surface area contributed by atoms with Gasteiger partial charge in [0.2, 0.25) is 0 Å². The van der Waals surface area contributed by atoms with Gasteiger partial charge in [0.1, 0.15) is 4.88 Å². The molecule has 0 radical (unpaired) electrons. The fraction of sp³-hybridized carbons (Fsp3) is 0.0714. The van der Waals surface area contributed by atoms with Crippen molar-refractivity contribution in [3.05, 3.63) is 53.6 Å². The number of carbonyl (C=O) groups excluding carboxylic acids is 1. The molecule has 3 rings (SSSR count). The maximum absolute atomic E-state index is 12.3. The van der Waals surface area contributed by atoms with Gasteiger partial charge in [0.25, 0.3) is 5.91 Å². The second kappa shape index (κ2) is 5.76. The highest BCUT2D eigenvalue weighted by Crippen LogP contribution is 2.25. The molecule has 0 bridgehead atoms. The number of hydrogen-bond donors (Lipinski definition) is 1. The van der Waals surface area contributed by atoms with Gasteiger partial charge in [-0.15, -0.1) is 11.3 Å². The van der Waals surface area contributed by atoms with Crippen LogP contribution in [0.5, 0.6) is 0 Å². The van der Waals surface area contributed by atoms with Gasteiger partial charge in [-0.2, -0.15) is 0 Å². The molecule has 0 fully saturated rings. The third-order valence-corrected chi connectivity index (χ3v) is 3.83. The highest BCUT2D eigenvalue weighted by molar-refractivity contribution is 7.17. The van der Waals surface area contributed by atoms with E-state index in [-0.39, 0.29) is 5.91 Å². The Hall–Kier alpha value is -2.67. The maximum atomic E-state index is 12.3. The number of thiazole rings is 1. The van der Waals surface area contributed by atoms with E-state index in [1.54, 1.807) is 49.9 Å². The topological polar surface area (TPSA) is 80.7 Å². The first kappa shape index (κ1) is 13.3. The molecule has 0 aromatic carbocycles. The summed E-state index contributed by atoms with van der Waals surface area (Å²) in [6.45, 7) is 1.79. The van der Waals surface area contributed by atoms with Crippen LogP contribution in [0.25, 0.3) is 10.8 Å². The molecule has 3 aromatic rings. The molecule has 0 unspecified atom stereocenters. The Labute approximate surface area is 125 Å². The summed E-state index contributed by atoms with van der Waals surface area (Å²) in [6.07, 6.45) is 6.54. The van der Waals surface area contributed by atoms with Crippen molar-refractivity contribution in [1.29, 1.82) is 0 Å². The molecular weight excluding hydrogens is 286 g/mol. The number of nitrogens with zero attached hydrogens (tertiary/aromatic N) is 4. The number of amides is 1. The van der Waals surface area contributed by atoms with Crippen molar-refractivity contribution in [1.82, 2.24) is 19.9 Å². The summed E-state index contributed by atoms with van der Waals surface area (Å²) in [6, 6.07) is 5.28. The van der Waals surface area contributed by atoms with Gasteiger partial charge in [-0.3, -0.25) is 9.78 Å². The normalized spacial score (nSPS) is 10.3. The molecule has 7 heteroatoms. The van der Waals surface area contributed by atoms with Crippen LogP contribution in [0.4, 0.5) is 5.69 Å². The van der Waals surface area contributed by atoms with Gasteiger partial charge in [0.15, 0.2) is 10.8 Å². The monoisotopic (exact) mass is 297 g/mol. The molecule has 1 amide bonds. The van der Waals surface area contributed by atoms with Crippen LogP contribution in [0.2, 0.25) is 0 Å². The lowest BCUT2D eigenvalue weighted by Crippen LogP contribution is -2.11. The number of pyridine rings is 1. The molecule has 6 nitrogen and oxygen atoms in total. The Morgan fingerprint density at radius 1 is 1.19 bits per heavy atom. The maximum Gasteiger partial charge on any atom is 0.267 e. The van der Waals surface area contributed by atoms with Gasteiger partial charge in [-0.05, 0) is 25.1 Å². The van der Waals surface area contributed by atoms with E-state index >= 15 is 0 Å². The zero-order valence-corrected chi connectivity index (χ0v) is 12.0. The second-order valence-electron chi connectivity index (χ2n) is 4.20. The van der Waals surface area contributed by atoms with Crippen molar-refractivity contribution >= 4 is 22.9 Å². The second-order valence-corrected chi connectivity index (χ2v) is 5.20. The van der Waals surface area contributed by atoms with Crippen LogP contribution in [-0.2, 0) is 0 Å². The Bertz CT molecular complexity index is 758. The van der Waals surface area contributed by atoms with E-state index in [1.165, 1.54) is 11.3 Å². The van der Waals surface area contributed by atoms with Crippen LogP contribution in [0.15, 0.2) is 43.0 Å². The van der Waals surface area contributed by atoms with Crippen LogP contribution in [0.1, 0.15) is 15.4 Å². The Morgan fingerprint density at radius 3 is 2.71 bits per heavy atom. The van der Waals surface area contributed by atoms with Gasteiger partial charge in [0.05, 0.1) is 17.6 Å². The lowest BCUT2D eigenvalue weighted by molar-refractivity contribution is 0.103. The highest BCUT2D eigenvalue weighted by atomic mass is 32.1. The largest absolute Gasteiger partial charge is 0.320 e. The molecule has 0 aliphatic rings. The van der Waals surface area contributed by atoms with E-state index in [2.05, 4.69) is 25.3 Å². The summed E-state index contributed by atoms with van der Waals surface area (Å²) in [4.78, 5) is 29.4. The SMILES string of the molecule is Cc1nc(-c2ncccn2)sc1C(=O)Nc1cccnc1. The first-order valence-electron chi connectivity index (χ1n) is 6.20. The standard InChI is InChI=1S/C14H11N5OS/c1-9-11(13(20)19-10-4-2-5-15-8-10)21-14(18-9)12-16-6-3-7-17-12/h2-8H,1H3,(H,19,20). The molecule has 0 saturated heterocycles. The summed E-state index contributed by atoms with van der Waals surface area (Å²) in [5.41, 5.74) is 1.30. The van der Waals surface area contributed by atoms with E-state index in [0.717, 1.165) is 0 Å². The molecule has 0 saturated carbocycles. The average Bonchev–Trinajstić information content (AvgIpc) is 2.91. The van der Waals surface area contributed by atoms with Crippen LogP contribution >= 0.6 is 11.3 Å². The van der Waals surface area contributed by atoms with E-state index < -0.39 is 0 Å². The molecular formula is C14H11N5OS. The van der Waals surface area contributed by atoms with E-state index in [1.807, 2.05) is 0 Å². The quantitative estimate of drug-likeness (QED) is 0.803. The van der Waals surface area contributed by atoms with E-state index in [9.17, 15) is 4.79 Å². The number of rotatable bonds is 3. The molecule has 0 spiro atoms. The number of carbonyl (C=O) groups is 1. The zero-order valence-electron chi connectivity index (χ0n) is 11.1. The Kier molecular flexibility index (Phi) is 3.65. The van der Waals surface area contributed by atoms with Crippen molar-refractivity contribution in [3.63, 3.8) is 0 Å². The first-order valence-corrected chi connectivity index (χ1v) is 7.02. The first-order chi connectivity index (χ1) is 10.2. The van der Waals surface area contributed by atoms with Crippen LogP contribution < -0.4 is 5.32 Å². The van der Waals surface area contributed by atoms with Gasteiger partial charge < -0.3 is 5.32 Å². The molecule has 0 aliphatic heterocycles. The van der Waals surface area contributed by atoms with E-state index in [0.29, 0.717) is 27.1 Å². The molecule has 21 heavy (non-hydrogen) atoms.